The van der Waals surface area contributed by atoms with Crippen molar-refractivity contribution in [2.75, 3.05) is 12.3 Å². The standard InChI is InChI=1S/C17H17N5O/c1-10-20-16(18)8-17(21-10)23-9-11-7-12(11)13-4-5-14-15(22-13)3-2-6-19-14/h2-6,8,11-12H,7,9H2,1H3,(H2,18,20,21). The number of nitrogen functional groups attached to an aromatic ring is 1. The summed E-state index contributed by atoms with van der Waals surface area (Å²) in [6, 6.07) is 9.65. The maximum absolute atomic E-state index is 5.76. The maximum Gasteiger partial charge on any atom is 0.218 e. The van der Waals surface area contributed by atoms with Gasteiger partial charge in [-0.1, -0.05) is 0 Å². The molecule has 116 valence electrons. The third-order valence-corrected chi connectivity index (χ3v) is 4.06. The highest BCUT2D eigenvalue weighted by Crippen LogP contribution is 2.47. The Morgan fingerprint density at radius 2 is 2.09 bits per heavy atom. The van der Waals surface area contributed by atoms with Crippen molar-refractivity contribution in [3.63, 3.8) is 0 Å². The summed E-state index contributed by atoms with van der Waals surface area (Å²) in [6.45, 7) is 2.42. The van der Waals surface area contributed by atoms with Crippen LogP contribution in [0.1, 0.15) is 23.9 Å². The van der Waals surface area contributed by atoms with Crippen molar-refractivity contribution >= 4 is 16.9 Å². The number of hydrogen-bond donors (Lipinski definition) is 1. The second-order valence-electron chi connectivity index (χ2n) is 5.87. The van der Waals surface area contributed by atoms with Gasteiger partial charge in [0, 0.05) is 29.8 Å². The first kappa shape index (κ1) is 13.9. The Hall–Kier alpha value is -2.76. The Kier molecular flexibility index (Phi) is 3.29. The van der Waals surface area contributed by atoms with Crippen LogP contribution in [0.5, 0.6) is 5.88 Å². The monoisotopic (exact) mass is 307 g/mol. The van der Waals surface area contributed by atoms with Gasteiger partial charge in [0.2, 0.25) is 5.88 Å². The number of hydrogen-bond acceptors (Lipinski definition) is 6. The van der Waals surface area contributed by atoms with Crippen molar-refractivity contribution in [1.82, 2.24) is 19.9 Å². The smallest absolute Gasteiger partial charge is 0.218 e. The first-order valence-corrected chi connectivity index (χ1v) is 7.65. The summed E-state index contributed by atoms with van der Waals surface area (Å²) in [7, 11) is 0. The van der Waals surface area contributed by atoms with Crippen LogP contribution in [0.2, 0.25) is 0 Å². The molecular weight excluding hydrogens is 290 g/mol. The number of aryl methyl sites for hydroxylation is 1. The minimum atomic E-state index is 0.434. The van der Waals surface area contributed by atoms with Crippen molar-refractivity contribution in [2.24, 2.45) is 5.92 Å². The lowest BCUT2D eigenvalue weighted by atomic mass is 10.2. The van der Waals surface area contributed by atoms with E-state index in [1.807, 2.05) is 18.2 Å². The summed E-state index contributed by atoms with van der Waals surface area (Å²) in [5.41, 5.74) is 8.68. The van der Waals surface area contributed by atoms with Crippen LogP contribution in [0.3, 0.4) is 0 Å². The molecule has 1 fully saturated rings. The summed E-state index contributed by atoms with van der Waals surface area (Å²) in [5, 5.41) is 0. The fourth-order valence-corrected chi connectivity index (χ4v) is 2.80. The molecule has 2 atom stereocenters. The zero-order valence-corrected chi connectivity index (χ0v) is 12.8. The highest BCUT2D eigenvalue weighted by Gasteiger charge is 2.40. The van der Waals surface area contributed by atoms with Gasteiger partial charge in [0.1, 0.15) is 11.6 Å². The van der Waals surface area contributed by atoms with E-state index in [-0.39, 0.29) is 0 Å². The van der Waals surface area contributed by atoms with Gasteiger partial charge in [-0.25, -0.2) is 4.98 Å². The van der Waals surface area contributed by atoms with Crippen LogP contribution >= 0.6 is 0 Å². The van der Waals surface area contributed by atoms with E-state index in [1.54, 1.807) is 19.2 Å². The Balaban J connectivity index is 1.43. The molecule has 1 saturated carbocycles. The lowest BCUT2D eigenvalue weighted by Crippen LogP contribution is -2.05. The fraction of sp³-hybridized carbons (Fsp3) is 0.294. The van der Waals surface area contributed by atoms with Crippen LogP contribution in [-0.4, -0.2) is 26.5 Å². The molecule has 0 aromatic carbocycles. The van der Waals surface area contributed by atoms with E-state index >= 15 is 0 Å². The van der Waals surface area contributed by atoms with Crippen LogP contribution in [0.25, 0.3) is 11.0 Å². The van der Waals surface area contributed by atoms with Crippen LogP contribution in [-0.2, 0) is 0 Å². The number of ether oxygens (including phenoxy) is 1. The van der Waals surface area contributed by atoms with E-state index < -0.39 is 0 Å². The predicted molar refractivity (Wildman–Crippen MR) is 87.1 cm³/mol. The van der Waals surface area contributed by atoms with E-state index in [4.69, 9.17) is 15.5 Å². The Morgan fingerprint density at radius 1 is 1.17 bits per heavy atom. The van der Waals surface area contributed by atoms with Gasteiger partial charge in [-0.2, -0.15) is 4.98 Å². The molecule has 0 aliphatic heterocycles. The summed E-state index contributed by atoms with van der Waals surface area (Å²) in [6.07, 6.45) is 2.87. The molecule has 2 N–H and O–H groups in total. The molecule has 0 radical (unpaired) electrons. The summed E-state index contributed by atoms with van der Waals surface area (Å²) in [5.74, 6) is 2.50. The molecule has 3 aromatic heterocycles. The minimum Gasteiger partial charge on any atom is -0.477 e. The van der Waals surface area contributed by atoms with Crippen LogP contribution < -0.4 is 10.5 Å². The van der Waals surface area contributed by atoms with Gasteiger partial charge in [-0.3, -0.25) is 9.97 Å². The van der Waals surface area contributed by atoms with Gasteiger partial charge < -0.3 is 10.5 Å². The molecule has 1 aliphatic rings. The van der Waals surface area contributed by atoms with E-state index in [0.717, 1.165) is 23.1 Å². The van der Waals surface area contributed by atoms with Crippen LogP contribution in [0.15, 0.2) is 36.5 Å². The lowest BCUT2D eigenvalue weighted by Gasteiger charge is -2.06. The molecule has 3 aromatic rings. The topological polar surface area (TPSA) is 86.8 Å². The number of nitrogens with two attached hydrogens (primary N) is 1. The van der Waals surface area contributed by atoms with Crippen molar-refractivity contribution in [2.45, 2.75) is 19.3 Å². The Labute approximate surface area is 133 Å². The third-order valence-electron chi connectivity index (χ3n) is 4.06. The highest BCUT2D eigenvalue weighted by molar-refractivity contribution is 5.73. The van der Waals surface area contributed by atoms with Gasteiger partial charge in [0.25, 0.3) is 0 Å². The number of pyridine rings is 2. The average molecular weight is 307 g/mol. The zero-order valence-electron chi connectivity index (χ0n) is 12.8. The number of rotatable bonds is 4. The van der Waals surface area contributed by atoms with E-state index in [0.29, 0.717) is 36.0 Å². The molecule has 23 heavy (non-hydrogen) atoms. The van der Waals surface area contributed by atoms with Gasteiger partial charge in [-0.05, 0) is 37.6 Å². The van der Waals surface area contributed by atoms with Crippen molar-refractivity contribution in [3.8, 4) is 5.88 Å². The van der Waals surface area contributed by atoms with Crippen LogP contribution in [0, 0.1) is 12.8 Å². The Bertz CT molecular complexity index is 846. The van der Waals surface area contributed by atoms with Gasteiger partial charge in [0.15, 0.2) is 0 Å². The molecular formula is C17H17N5O. The largest absolute Gasteiger partial charge is 0.477 e. The minimum absolute atomic E-state index is 0.434. The maximum atomic E-state index is 5.76. The van der Waals surface area contributed by atoms with Gasteiger partial charge >= 0.3 is 0 Å². The molecule has 0 spiro atoms. The third kappa shape index (κ3) is 2.92. The normalized spacial score (nSPS) is 19.7. The molecule has 0 saturated heterocycles. The number of nitrogens with zero attached hydrogens (tertiary/aromatic N) is 4. The van der Waals surface area contributed by atoms with E-state index in [9.17, 15) is 0 Å². The average Bonchev–Trinajstić information content (AvgIpc) is 3.31. The SMILES string of the molecule is Cc1nc(N)cc(OCC2CC2c2ccc3ncccc3n2)n1. The number of aromatic nitrogens is 4. The molecule has 3 heterocycles. The Morgan fingerprint density at radius 3 is 2.96 bits per heavy atom. The first-order valence-electron chi connectivity index (χ1n) is 7.65. The molecule has 2 unspecified atom stereocenters. The molecule has 0 amide bonds. The fourth-order valence-electron chi connectivity index (χ4n) is 2.80. The summed E-state index contributed by atoms with van der Waals surface area (Å²) >= 11 is 0. The lowest BCUT2D eigenvalue weighted by molar-refractivity contribution is 0.284. The summed E-state index contributed by atoms with van der Waals surface area (Å²) < 4.78 is 5.76. The van der Waals surface area contributed by atoms with Gasteiger partial charge in [-0.15, -0.1) is 0 Å². The van der Waals surface area contributed by atoms with E-state index in [2.05, 4.69) is 21.0 Å². The number of anilines is 1. The molecule has 0 bridgehead atoms. The first-order chi connectivity index (χ1) is 11.2. The highest BCUT2D eigenvalue weighted by atomic mass is 16.5. The molecule has 4 rings (SSSR count). The van der Waals surface area contributed by atoms with Crippen molar-refractivity contribution in [3.05, 3.63) is 48.0 Å². The molecule has 6 heteroatoms. The quantitative estimate of drug-likeness (QED) is 0.797. The molecule has 6 nitrogen and oxygen atoms in total. The van der Waals surface area contributed by atoms with Crippen molar-refractivity contribution in [1.29, 1.82) is 0 Å². The second-order valence-corrected chi connectivity index (χ2v) is 5.87. The second kappa shape index (κ2) is 5.46. The summed E-state index contributed by atoms with van der Waals surface area (Å²) in [4.78, 5) is 17.3. The molecule has 1 aliphatic carbocycles. The van der Waals surface area contributed by atoms with Gasteiger partial charge in [0.05, 0.1) is 17.6 Å². The van der Waals surface area contributed by atoms with Crippen molar-refractivity contribution < 1.29 is 4.74 Å². The predicted octanol–water partition coefficient (Wildman–Crippen LogP) is 2.49. The van der Waals surface area contributed by atoms with E-state index in [1.165, 1.54) is 0 Å². The zero-order chi connectivity index (χ0) is 15.8. The van der Waals surface area contributed by atoms with Crippen LogP contribution in [0.4, 0.5) is 5.82 Å². The number of fused-ring (bicyclic) bond motifs is 1.